The average molecular weight is 274 g/mol. The first-order valence-electron chi connectivity index (χ1n) is 5.18. The van der Waals surface area contributed by atoms with Crippen molar-refractivity contribution in [2.45, 2.75) is 44.4 Å². The van der Waals surface area contributed by atoms with E-state index in [-0.39, 0.29) is 0 Å². The smallest absolute Gasteiger partial charge is 0.341 e. The second-order valence-corrected chi connectivity index (χ2v) is 13.8. The van der Waals surface area contributed by atoms with Gasteiger partial charge >= 0.3 is 6.00 Å². The summed E-state index contributed by atoms with van der Waals surface area (Å²) in [5.41, 5.74) is 0. The van der Waals surface area contributed by atoms with Crippen LogP contribution in [0, 0.1) is 11.8 Å². The van der Waals surface area contributed by atoms with Gasteiger partial charge < -0.3 is 4.74 Å². The molecule has 0 N–H and O–H groups in total. The van der Waals surface area contributed by atoms with Crippen LogP contribution in [0.4, 0.5) is 0 Å². The summed E-state index contributed by atoms with van der Waals surface area (Å²) in [6.45, 7) is 2.21. The standard InChI is InChI=1S/C9H15Cl3OSi/c1-6(5-14(10,11)12)7-2-3-8-9(4-7)13-8/h6-9H,2-5H2,1H3. The summed E-state index contributed by atoms with van der Waals surface area (Å²) < 4.78 is 5.50. The molecule has 1 aliphatic heterocycles. The van der Waals surface area contributed by atoms with E-state index in [1.54, 1.807) is 0 Å². The highest BCUT2D eigenvalue weighted by Crippen LogP contribution is 2.44. The van der Waals surface area contributed by atoms with Crippen molar-refractivity contribution < 1.29 is 4.74 Å². The predicted molar refractivity (Wildman–Crippen MR) is 63.3 cm³/mol. The molecule has 1 aliphatic carbocycles. The third kappa shape index (κ3) is 3.02. The first-order valence-corrected chi connectivity index (χ1v) is 10.4. The Morgan fingerprint density at radius 3 is 2.57 bits per heavy atom. The van der Waals surface area contributed by atoms with Gasteiger partial charge in [-0.25, -0.2) is 0 Å². The lowest BCUT2D eigenvalue weighted by atomic mass is 9.82. The Kier molecular flexibility index (Phi) is 3.41. The van der Waals surface area contributed by atoms with E-state index in [2.05, 4.69) is 6.92 Å². The van der Waals surface area contributed by atoms with Gasteiger partial charge in [0.15, 0.2) is 0 Å². The highest BCUT2D eigenvalue weighted by atomic mass is 35.8. The van der Waals surface area contributed by atoms with Gasteiger partial charge in [0, 0.05) is 0 Å². The lowest BCUT2D eigenvalue weighted by molar-refractivity contribution is 0.296. The minimum Gasteiger partial charge on any atom is -0.370 e. The zero-order valence-corrected chi connectivity index (χ0v) is 11.4. The molecule has 0 aromatic carbocycles. The highest BCUT2D eigenvalue weighted by Gasteiger charge is 2.45. The van der Waals surface area contributed by atoms with Crippen LogP contribution < -0.4 is 0 Å². The molecule has 4 atom stereocenters. The van der Waals surface area contributed by atoms with E-state index in [0.717, 1.165) is 6.04 Å². The molecule has 2 aliphatic rings. The Balaban J connectivity index is 1.82. The quantitative estimate of drug-likeness (QED) is 0.432. The molecule has 1 heterocycles. The minimum atomic E-state index is -2.44. The second-order valence-electron chi connectivity index (χ2n) is 4.58. The zero-order valence-electron chi connectivity index (χ0n) is 8.18. The van der Waals surface area contributed by atoms with Crippen LogP contribution in [0.15, 0.2) is 0 Å². The van der Waals surface area contributed by atoms with Crippen LogP contribution in [-0.2, 0) is 4.74 Å². The topological polar surface area (TPSA) is 12.5 Å². The van der Waals surface area contributed by atoms with E-state index in [0.29, 0.717) is 24.0 Å². The lowest BCUT2D eigenvalue weighted by Gasteiger charge is -2.27. The molecule has 1 saturated heterocycles. The molecule has 4 unspecified atom stereocenters. The van der Waals surface area contributed by atoms with Crippen molar-refractivity contribution >= 4 is 39.2 Å². The van der Waals surface area contributed by atoms with Crippen LogP contribution in [0.3, 0.4) is 0 Å². The number of epoxide rings is 1. The normalized spacial score (nSPS) is 39.0. The fourth-order valence-electron chi connectivity index (χ4n) is 2.48. The summed E-state index contributed by atoms with van der Waals surface area (Å²) in [6.07, 6.45) is 4.75. The molecule has 2 rings (SSSR count). The molecule has 14 heavy (non-hydrogen) atoms. The molecule has 0 radical (unpaired) electrons. The van der Waals surface area contributed by atoms with E-state index in [1.807, 2.05) is 0 Å². The summed E-state index contributed by atoms with van der Waals surface area (Å²) in [5.74, 6) is 1.25. The van der Waals surface area contributed by atoms with Crippen LogP contribution >= 0.6 is 33.2 Å². The van der Waals surface area contributed by atoms with Gasteiger partial charge in [-0.3, -0.25) is 0 Å². The number of hydrogen-bond donors (Lipinski definition) is 0. The van der Waals surface area contributed by atoms with Gasteiger partial charge in [0.25, 0.3) is 0 Å². The van der Waals surface area contributed by atoms with Gasteiger partial charge in [-0.15, -0.1) is 33.2 Å². The molecule has 82 valence electrons. The van der Waals surface area contributed by atoms with E-state index >= 15 is 0 Å². The number of rotatable bonds is 3. The molecule has 1 saturated carbocycles. The SMILES string of the molecule is CC(C[Si](Cl)(Cl)Cl)C1CCC2OC2C1. The van der Waals surface area contributed by atoms with Crippen molar-refractivity contribution in [1.29, 1.82) is 0 Å². The van der Waals surface area contributed by atoms with E-state index in [9.17, 15) is 0 Å². The third-order valence-corrected chi connectivity index (χ3v) is 5.90. The van der Waals surface area contributed by atoms with Crippen LogP contribution in [0.5, 0.6) is 0 Å². The molecule has 0 amide bonds. The monoisotopic (exact) mass is 272 g/mol. The van der Waals surface area contributed by atoms with Crippen LogP contribution in [-0.4, -0.2) is 18.2 Å². The zero-order chi connectivity index (χ0) is 10.3. The number of ether oxygens (including phenoxy) is 1. The van der Waals surface area contributed by atoms with Crippen LogP contribution in [0.2, 0.25) is 6.04 Å². The van der Waals surface area contributed by atoms with Crippen molar-refractivity contribution in [3.8, 4) is 0 Å². The molecule has 0 aromatic rings. The highest BCUT2D eigenvalue weighted by molar-refractivity contribution is 7.64. The first-order chi connectivity index (χ1) is 6.46. The van der Waals surface area contributed by atoms with Gasteiger partial charge in [0.2, 0.25) is 0 Å². The maximum absolute atomic E-state index is 5.93. The van der Waals surface area contributed by atoms with Gasteiger partial charge in [0.1, 0.15) is 0 Å². The second kappa shape index (κ2) is 4.14. The number of fused-ring (bicyclic) bond motifs is 1. The Labute approximate surface area is 100 Å². The largest absolute Gasteiger partial charge is 0.370 e. The van der Waals surface area contributed by atoms with Crippen LogP contribution in [0.25, 0.3) is 0 Å². The summed E-state index contributed by atoms with van der Waals surface area (Å²) in [6, 6.07) is -1.65. The summed E-state index contributed by atoms with van der Waals surface area (Å²) in [5, 5.41) is 0. The van der Waals surface area contributed by atoms with Crippen molar-refractivity contribution in [1.82, 2.24) is 0 Å². The molecule has 5 heteroatoms. The summed E-state index contributed by atoms with van der Waals surface area (Å²) in [7, 11) is 0. The van der Waals surface area contributed by atoms with Crippen molar-refractivity contribution in [3.63, 3.8) is 0 Å². The maximum Gasteiger partial charge on any atom is 0.341 e. The number of halogens is 3. The molecule has 0 aromatic heterocycles. The third-order valence-electron chi connectivity index (χ3n) is 3.40. The molecular weight excluding hydrogens is 259 g/mol. The van der Waals surface area contributed by atoms with Crippen LogP contribution in [0.1, 0.15) is 26.2 Å². The average Bonchev–Trinajstić information content (AvgIpc) is 2.77. The minimum absolute atomic E-state index is 0.535. The van der Waals surface area contributed by atoms with Crippen molar-refractivity contribution in [2.75, 3.05) is 0 Å². The Morgan fingerprint density at radius 2 is 2.00 bits per heavy atom. The Hall–Kier alpha value is 1.05. The van der Waals surface area contributed by atoms with E-state index < -0.39 is 6.00 Å². The van der Waals surface area contributed by atoms with Gasteiger partial charge in [0.05, 0.1) is 12.2 Å². The van der Waals surface area contributed by atoms with Gasteiger partial charge in [-0.1, -0.05) is 6.92 Å². The molecular formula is C9H15Cl3OSi. The summed E-state index contributed by atoms with van der Waals surface area (Å²) in [4.78, 5) is 0. The van der Waals surface area contributed by atoms with Gasteiger partial charge in [-0.05, 0) is 37.1 Å². The lowest BCUT2D eigenvalue weighted by Crippen LogP contribution is -2.24. The molecule has 1 nitrogen and oxygen atoms in total. The fraction of sp³-hybridized carbons (Fsp3) is 1.00. The Morgan fingerprint density at radius 1 is 1.29 bits per heavy atom. The van der Waals surface area contributed by atoms with Crippen molar-refractivity contribution in [3.05, 3.63) is 0 Å². The van der Waals surface area contributed by atoms with E-state index in [1.165, 1.54) is 19.3 Å². The molecule has 0 bridgehead atoms. The number of hydrogen-bond acceptors (Lipinski definition) is 1. The first kappa shape index (κ1) is 11.5. The summed E-state index contributed by atoms with van der Waals surface area (Å²) >= 11 is 17.8. The van der Waals surface area contributed by atoms with E-state index in [4.69, 9.17) is 38.0 Å². The Bertz CT molecular complexity index is 219. The molecule has 2 fully saturated rings. The predicted octanol–water partition coefficient (Wildman–Crippen LogP) is 3.85. The maximum atomic E-state index is 5.93. The van der Waals surface area contributed by atoms with Crippen molar-refractivity contribution in [2.24, 2.45) is 11.8 Å². The fourth-order valence-corrected chi connectivity index (χ4v) is 5.74. The molecule has 0 spiro atoms. The van der Waals surface area contributed by atoms with Gasteiger partial charge in [-0.2, -0.15) is 0 Å².